The van der Waals surface area contributed by atoms with Gasteiger partial charge in [0, 0.05) is 30.0 Å². The molecule has 3 N–H and O–H groups in total. The van der Waals surface area contributed by atoms with E-state index in [9.17, 15) is 8.78 Å². The third kappa shape index (κ3) is 5.39. The summed E-state index contributed by atoms with van der Waals surface area (Å²) in [6.45, 7) is -2.28. The van der Waals surface area contributed by atoms with Crippen LogP contribution in [-0.2, 0) is 17.7 Å². The van der Waals surface area contributed by atoms with E-state index < -0.39 is 12.7 Å². The molecule has 0 aliphatic rings. The lowest BCUT2D eigenvalue weighted by Crippen LogP contribution is -2.25. The second-order valence-corrected chi connectivity index (χ2v) is 8.04. The number of fused-ring (bicyclic) bond motifs is 1. The average molecular weight is 481 g/mol. The lowest BCUT2D eigenvalue weighted by Gasteiger charge is -2.10. The van der Waals surface area contributed by atoms with Gasteiger partial charge in [-0.05, 0) is 33.8 Å². The Morgan fingerprint density at radius 1 is 1.44 bits per heavy atom. The minimum Gasteiger partial charge on any atom is -0.456 e. The largest absolute Gasteiger partial charge is 0.456 e. The van der Waals surface area contributed by atoms with Crippen molar-refractivity contribution in [2.75, 3.05) is 11.9 Å². The molecule has 3 heterocycles. The molecule has 3 aromatic heterocycles. The molecule has 27 heavy (non-hydrogen) atoms. The van der Waals surface area contributed by atoms with E-state index in [4.69, 9.17) is 21.8 Å². The summed E-state index contributed by atoms with van der Waals surface area (Å²) in [5.74, 6) is 0.587. The van der Waals surface area contributed by atoms with E-state index in [2.05, 4.69) is 31.0 Å². The molecule has 0 saturated heterocycles. The molecular formula is C17H17BrClF2N3O2S. The van der Waals surface area contributed by atoms with Crippen molar-refractivity contribution in [1.29, 1.82) is 0 Å². The Kier molecular flexibility index (Phi) is 7.04. The number of furan rings is 1. The number of hydrogen-bond donors (Lipinski definition) is 2. The molecule has 3 rings (SSSR count). The van der Waals surface area contributed by atoms with Crippen LogP contribution in [0.3, 0.4) is 0 Å². The van der Waals surface area contributed by atoms with Gasteiger partial charge in [-0.1, -0.05) is 17.7 Å². The third-order valence-corrected chi connectivity index (χ3v) is 5.72. The summed E-state index contributed by atoms with van der Waals surface area (Å²) >= 11 is 11.3. The SMILES string of the molecule is NC(CCOC(F)F)Cc1oc2c(NCc3cccs3)cc(Cl)nc2c1Br. The van der Waals surface area contributed by atoms with E-state index in [-0.39, 0.29) is 13.0 Å². The molecule has 0 aliphatic heterocycles. The van der Waals surface area contributed by atoms with Crippen molar-refractivity contribution in [3.63, 3.8) is 0 Å². The number of nitrogens with zero attached hydrogens (tertiary/aromatic N) is 1. The van der Waals surface area contributed by atoms with Crippen LogP contribution in [0.4, 0.5) is 14.5 Å². The fraction of sp³-hybridized carbons (Fsp3) is 0.353. The van der Waals surface area contributed by atoms with Crippen molar-refractivity contribution in [1.82, 2.24) is 4.98 Å². The molecule has 0 spiro atoms. The number of thiophene rings is 1. The van der Waals surface area contributed by atoms with E-state index in [0.717, 1.165) is 5.69 Å². The molecule has 146 valence electrons. The maximum absolute atomic E-state index is 12.1. The second-order valence-electron chi connectivity index (χ2n) is 5.83. The molecule has 5 nitrogen and oxygen atoms in total. The molecule has 0 aromatic carbocycles. The van der Waals surface area contributed by atoms with Gasteiger partial charge < -0.3 is 20.2 Å². The first-order chi connectivity index (χ1) is 12.9. The van der Waals surface area contributed by atoms with E-state index in [1.807, 2.05) is 17.5 Å². The average Bonchev–Trinajstić information content (AvgIpc) is 3.22. The van der Waals surface area contributed by atoms with Gasteiger partial charge in [-0.25, -0.2) is 4.98 Å². The van der Waals surface area contributed by atoms with Crippen LogP contribution in [0.5, 0.6) is 0 Å². The first kappa shape index (κ1) is 20.5. The second kappa shape index (κ2) is 9.29. The molecule has 1 atom stereocenters. The molecule has 0 aliphatic carbocycles. The zero-order valence-corrected chi connectivity index (χ0v) is 17.2. The normalized spacial score (nSPS) is 12.8. The highest BCUT2D eigenvalue weighted by Crippen LogP contribution is 2.36. The fourth-order valence-electron chi connectivity index (χ4n) is 2.56. The van der Waals surface area contributed by atoms with E-state index in [1.165, 1.54) is 4.88 Å². The molecule has 0 bridgehead atoms. The molecule has 10 heteroatoms. The Balaban J connectivity index is 1.77. The topological polar surface area (TPSA) is 73.3 Å². The summed E-state index contributed by atoms with van der Waals surface area (Å²) in [6.07, 6.45) is 0.636. The van der Waals surface area contributed by atoms with Crippen LogP contribution in [0.25, 0.3) is 11.1 Å². The molecule has 0 saturated carbocycles. The van der Waals surface area contributed by atoms with E-state index in [1.54, 1.807) is 17.4 Å². The Bertz CT molecular complexity index is 892. The number of nitrogens with one attached hydrogen (secondary N) is 1. The van der Waals surface area contributed by atoms with Crippen molar-refractivity contribution in [3.8, 4) is 0 Å². The lowest BCUT2D eigenvalue weighted by molar-refractivity contribution is -0.129. The first-order valence-corrected chi connectivity index (χ1v) is 10.2. The van der Waals surface area contributed by atoms with Crippen molar-refractivity contribution < 1.29 is 17.9 Å². The molecule has 0 fully saturated rings. The summed E-state index contributed by atoms with van der Waals surface area (Å²) < 4.78 is 35.0. The fourth-order valence-corrected chi connectivity index (χ4v) is 3.91. The number of nitrogens with two attached hydrogens (primary N) is 1. The highest BCUT2D eigenvalue weighted by molar-refractivity contribution is 9.10. The van der Waals surface area contributed by atoms with Crippen LogP contribution in [-0.4, -0.2) is 24.2 Å². The number of ether oxygens (including phenoxy) is 1. The van der Waals surface area contributed by atoms with Gasteiger partial charge in [-0.3, -0.25) is 0 Å². The number of aromatic nitrogens is 1. The van der Waals surface area contributed by atoms with Gasteiger partial charge in [0.05, 0.1) is 16.8 Å². The number of alkyl halides is 2. The van der Waals surface area contributed by atoms with Crippen LogP contribution in [0.2, 0.25) is 5.15 Å². The van der Waals surface area contributed by atoms with E-state index in [0.29, 0.717) is 39.5 Å². The first-order valence-electron chi connectivity index (χ1n) is 8.13. The summed E-state index contributed by atoms with van der Waals surface area (Å²) in [5, 5.41) is 5.65. The maximum Gasteiger partial charge on any atom is 0.345 e. The van der Waals surface area contributed by atoms with Crippen LogP contribution in [0.15, 0.2) is 32.5 Å². The highest BCUT2D eigenvalue weighted by Gasteiger charge is 2.20. The van der Waals surface area contributed by atoms with Gasteiger partial charge in [0.15, 0.2) is 5.58 Å². The van der Waals surface area contributed by atoms with Gasteiger partial charge in [-0.2, -0.15) is 8.78 Å². The van der Waals surface area contributed by atoms with Crippen LogP contribution in [0.1, 0.15) is 17.1 Å². The predicted octanol–water partition coefficient (Wildman–Crippen LogP) is 5.42. The molecule has 1 unspecified atom stereocenters. The number of hydrogen-bond acceptors (Lipinski definition) is 6. The Morgan fingerprint density at radius 2 is 2.26 bits per heavy atom. The minimum atomic E-state index is -2.79. The number of halogens is 4. The maximum atomic E-state index is 12.1. The van der Waals surface area contributed by atoms with Gasteiger partial charge in [0.25, 0.3) is 0 Å². The van der Waals surface area contributed by atoms with Crippen molar-refractivity contribution >= 4 is 55.7 Å². The molecular weight excluding hydrogens is 464 g/mol. The summed E-state index contributed by atoms with van der Waals surface area (Å²) in [6, 6.07) is 5.32. The summed E-state index contributed by atoms with van der Waals surface area (Å²) in [5.41, 5.74) is 7.88. The highest BCUT2D eigenvalue weighted by atomic mass is 79.9. The van der Waals surface area contributed by atoms with Crippen LogP contribution < -0.4 is 11.1 Å². The summed E-state index contributed by atoms with van der Waals surface area (Å²) in [7, 11) is 0. The summed E-state index contributed by atoms with van der Waals surface area (Å²) in [4.78, 5) is 5.49. The number of pyridine rings is 1. The van der Waals surface area contributed by atoms with Crippen molar-refractivity contribution in [3.05, 3.63) is 43.8 Å². The monoisotopic (exact) mass is 479 g/mol. The quantitative estimate of drug-likeness (QED) is 0.400. The Morgan fingerprint density at radius 3 is 2.96 bits per heavy atom. The van der Waals surface area contributed by atoms with Crippen molar-refractivity contribution in [2.45, 2.75) is 32.0 Å². The van der Waals surface area contributed by atoms with Gasteiger partial charge in [-0.15, -0.1) is 11.3 Å². The van der Waals surface area contributed by atoms with Gasteiger partial charge >= 0.3 is 6.61 Å². The molecule has 0 amide bonds. The predicted molar refractivity (Wildman–Crippen MR) is 107 cm³/mol. The minimum absolute atomic E-state index is 0.117. The molecule has 0 radical (unpaired) electrons. The Hall–Kier alpha value is -1.26. The zero-order chi connectivity index (χ0) is 19.4. The van der Waals surface area contributed by atoms with Crippen LogP contribution >= 0.6 is 38.9 Å². The Labute approximate surface area is 172 Å². The molecule has 3 aromatic rings. The van der Waals surface area contributed by atoms with Gasteiger partial charge in [0.1, 0.15) is 16.4 Å². The van der Waals surface area contributed by atoms with Crippen LogP contribution in [0, 0.1) is 0 Å². The lowest BCUT2D eigenvalue weighted by atomic mass is 10.1. The zero-order valence-electron chi connectivity index (χ0n) is 14.1. The standard InChI is InChI=1S/C17H17BrClF2N3O2S/c18-14-12(6-9(22)3-4-25-17(20)21)26-16-11(7-13(19)24-15(14)16)23-8-10-2-1-5-27-10/h1-2,5,7,9,17H,3-4,6,8,22H2,(H,23,24). The van der Waals surface area contributed by atoms with Gasteiger partial charge in [0.2, 0.25) is 0 Å². The smallest absolute Gasteiger partial charge is 0.345 e. The van der Waals surface area contributed by atoms with E-state index >= 15 is 0 Å². The number of rotatable bonds is 9. The van der Waals surface area contributed by atoms with Crippen molar-refractivity contribution in [2.24, 2.45) is 5.73 Å². The number of anilines is 1. The third-order valence-electron chi connectivity index (χ3n) is 3.83.